The fourth-order valence-corrected chi connectivity index (χ4v) is 3.49. The highest BCUT2D eigenvalue weighted by atomic mass is 32.2. The lowest BCUT2D eigenvalue weighted by Crippen LogP contribution is -2.14. The molecule has 0 amide bonds. The highest BCUT2D eigenvalue weighted by molar-refractivity contribution is 7.92. The minimum absolute atomic E-state index is 0.0914. The molecule has 0 bridgehead atoms. The van der Waals surface area contributed by atoms with Gasteiger partial charge in [0, 0.05) is 16.8 Å². The third-order valence-corrected chi connectivity index (χ3v) is 4.38. The molecule has 96 valence electrons. The number of aromatic nitrogens is 1. The van der Waals surface area contributed by atoms with Gasteiger partial charge in [-0.3, -0.25) is 4.72 Å². The van der Waals surface area contributed by atoms with Gasteiger partial charge in [-0.1, -0.05) is 12.1 Å². The molecule has 5 nitrogen and oxygen atoms in total. The van der Waals surface area contributed by atoms with Crippen LogP contribution in [0.5, 0.6) is 0 Å². The zero-order valence-corrected chi connectivity index (χ0v) is 11.4. The molecule has 1 aromatic heterocycles. The lowest BCUT2D eigenvalue weighted by atomic mass is 10.2. The van der Waals surface area contributed by atoms with E-state index in [-0.39, 0.29) is 5.75 Å². The van der Waals surface area contributed by atoms with Crippen LogP contribution in [0, 0.1) is 6.92 Å². The van der Waals surface area contributed by atoms with Crippen LogP contribution in [-0.2, 0) is 15.8 Å². The van der Waals surface area contributed by atoms with Crippen LogP contribution in [0.3, 0.4) is 0 Å². The van der Waals surface area contributed by atoms with Gasteiger partial charge in [0.25, 0.3) is 0 Å². The summed E-state index contributed by atoms with van der Waals surface area (Å²) >= 11 is 1.31. The normalized spacial score (nSPS) is 11.4. The van der Waals surface area contributed by atoms with Crippen molar-refractivity contribution in [3.05, 3.63) is 40.9 Å². The average molecular weight is 283 g/mol. The number of hydrogen-bond acceptors (Lipinski definition) is 5. The first-order valence-corrected chi connectivity index (χ1v) is 7.69. The molecule has 0 saturated carbocycles. The standard InChI is InChI=1S/C11H13N3O2S2/c1-8-6-13-11(17-8)14-18(15,16)7-9-2-4-10(12)5-3-9/h2-6H,7,12H2,1H3,(H,13,14). The van der Waals surface area contributed by atoms with Gasteiger partial charge in [0.1, 0.15) is 0 Å². The molecule has 0 spiro atoms. The third-order valence-electron chi connectivity index (χ3n) is 2.20. The second-order valence-electron chi connectivity index (χ2n) is 3.88. The first kappa shape index (κ1) is 12.8. The monoisotopic (exact) mass is 283 g/mol. The van der Waals surface area contributed by atoms with Crippen LogP contribution in [-0.4, -0.2) is 13.4 Å². The summed E-state index contributed by atoms with van der Waals surface area (Å²) in [6.45, 7) is 1.87. The van der Waals surface area contributed by atoms with Crippen molar-refractivity contribution in [1.29, 1.82) is 0 Å². The summed E-state index contributed by atoms with van der Waals surface area (Å²) in [5.74, 6) is -0.0914. The van der Waals surface area contributed by atoms with Gasteiger partial charge in [-0.05, 0) is 24.6 Å². The van der Waals surface area contributed by atoms with Gasteiger partial charge in [0.2, 0.25) is 10.0 Å². The van der Waals surface area contributed by atoms with Gasteiger partial charge >= 0.3 is 0 Å². The highest BCUT2D eigenvalue weighted by Crippen LogP contribution is 2.19. The Balaban J connectivity index is 2.10. The van der Waals surface area contributed by atoms with Crippen LogP contribution >= 0.6 is 11.3 Å². The number of aryl methyl sites for hydroxylation is 1. The van der Waals surface area contributed by atoms with E-state index >= 15 is 0 Å². The van der Waals surface area contributed by atoms with Crippen molar-refractivity contribution >= 4 is 32.2 Å². The molecule has 1 aromatic carbocycles. The molecule has 3 N–H and O–H groups in total. The van der Waals surface area contributed by atoms with Gasteiger partial charge < -0.3 is 5.73 Å². The smallest absolute Gasteiger partial charge is 0.238 e. The number of benzene rings is 1. The van der Waals surface area contributed by atoms with Crippen molar-refractivity contribution in [2.45, 2.75) is 12.7 Å². The van der Waals surface area contributed by atoms with Crippen LogP contribution in [0.4, 0.5) is 10.8 Å². The van der Waals surface area contributed by atoms with Crippen LogP contribution in [0.2, 0.25) is 0 Å². The maximum absolute atomic E-state index is 11.9. The third kappa shape index (κ3) is 3.44. The quantitative estimate of drug-likeness (QED) is 0.840. The molecule has 0 radical (unpaired) electrons. The van der Waals surface area contributed by atoms with Crippen molar-refractivity contribution in [1.82, 2.24) is 4.98 Å². The second kappa shape index (κ2) is 4.95. The number of nitrogens with two attached hydrogens (primary N) is 1. The van der Waals surface area contributed by atoms with Gasteiger partial charge in [0.05, 0.1) is 5.75 Å². The molecule has 0 atom stereocenters. The van der Waals surface area contributed by atoms with E-state index in [0.717, 1.165) is 4.88 Å². The predicted molar refractivity (Wildman–Crippen MR) is 74.0 cm³/mol. The Bertz CT molecular complexity index is 633. The Morgan fingerprint density at radius 1 is 1.33 bits per heavy atom. The van der Waals surface area contributed by atoms with E-state index in [4.69, 9.17) is 5.73 Å². The van der Waals surface area contributed by atoms with E-state index in [0.29, 0.717) is 16.4 Å². The fourth-order valence-electron chi connectivity index (χ4n) is 1.40. The molecule has 0 fully saturated rings. The number of hydrogen-bond donors (Lipinski definition) is 2. The summed E-state index contributed by atoms with van der Waals surface area (Å²) < 4.78 is 26.2. The minimum atomic E-state index is -3.43. The molecule has 0 aliphatic carbocycles. The van der Waals surface area contributed by atoms with Crippen molar-refractivity contribution in [2.24, 2.45) is 0 Å². The Labute approximate surface area is 110 Å². The summed E-state index contributed by atoms with van der Waals surface area (Å²) in [6.07, 6.45) is 1.63. The Hall–Kier alpha value is -1.60. The number of thiazole rings is 1. The van der Waals surface area contributed by atoms with Crippen LogP contribution in [0.15, 0.2) is 30.5 Å². The highest BCUT2D eigenvalue weighted by Gasteiger charge is 2.13. The molecule has 2 aromatic rings. The number of anilines is 2. The SMILES string of the molecule is Cc1cnc(NS(=O)(=O)Cc2ccc(N)cc2)s1. The van der Waals surface area contributed by atoms with Gasteiger partial charge in [-0.2, -0.15) is 0 Å². The maximum atomic E-state index is 11.9. The van der Waals surface area contributed by atoms with E-state index in [2.05, 4.69) is 9.71 Å². The summed E-state index contributed by atoms with van der Waals surface area (Å²) in [5.41, 5.74) is 6.84. The average Bonchev–Trinajstić information content (AvgIpc) is 2.66. The summed E-state index contributed by atoms with van der Waals surface area (Å²) in [6, 6.07) is 6.75. The number of rotatable bonds is 4. The Morgan fingerprint density at radius 3 is 2.56 bits per heavy atom. The molecule has 1 heterocycles. The summed E-state index contributed by atoms with van der Waals surface area (Å²) in [5, 5.41) is 0.392. The first-order valence-electron chi connectivity index (χ1n) is 5.22. The van der Waals surface area contributed by atoms with Crippen LogP contribution < -0.4 is 10.5 Å². The van der Waals surface area contributed by atoms with Crippen molar-refractivity contribution in [3.63, 3.8) is 0 Å². The van der Waals surface area contributed by atoms with Crippen LogP contribution in [0.25, 0.3) is 0 Å². The largest absolute Gasteiger partial charge is 0.399 e. The van der Waals surface area contributed by atoms with E-state index in [1.54, 1.807) is 30.5 Å². The van der Waals surface area contributed by atoms with E-state index in [9.17, 15) is 8.42 Å². The van der Waals surface area contributed by atoms with E-state index in [1.807, 2.05) is 6.92 Å². The molecule has 2 rings (SSSR count). The second-order valence-corrected chi connectivity index (χ2v) is 6.84. The summed E-state index contributed by atoms with van der Waals surface area (Å²) in [4.78, 5) is 4.92. The summed E-state index contributed by atoms with van der Waals surface area (Å²) in [7, 11) is -3.43. The Kier molecular flexibility index (Phi) is 3.53. The lowest BCUT2D eigenvalue weighted by molar-refractivity contribution is 0.600. The Morgan fingerprint density at radius 2 is 2.00 bits per heavy atom. The first-order chi connectivity index (χ1) is 8.44. The van der Waals surface area contributed by atoms with Gasteiger partial charge in [-0.15, -0.1) is 11.3 Å². The van der Waals surface area contributed by atoms with Crippen molar-refractivity contribution in [3.8, 4) is 0 Å². The zero-order valence-electron chi connectivity index (χ0n) is 9.75. The zero-order chi connectivity index (χ0) is 13.2. The van der Waals surface area contributed by atoms with Gasteiger partial charge in [-0.25, -0.2) is 13.4 Å². The minimum Gasteiger partial charge on any atom is -0.399 e. The molecule has 18 heavy (non-hydrogen) atoms. The van der Waals surface area contributed by atoms with Gasteiger partial charge in [0.15, 0.2) is 5.13 Å². The molecular formula is C11H13N3O2S2. The lowest BCUT2D eigenvalue weighted by Gasteiger charge is -2.05. The number of nitrogens with zero attached hydrogens (tertiary/aromatic N) is 1. The number of nitrogens with one attached hydrogen (secondary N) is 1. The fraction of sp³-hybridized carbons (Fsp3) is 0.182. The van der Waals surface area contributed by atoms with Crippen LogP contribution in [0.1, 0.15) is 10.4 Å². The molecule has 0 aliphatic rings. The number of nitrogen functional groups attached to an aromatic ring is 1. The number of sulfonamides is 1. The molecule has 0 saturated heterocycles. The van der Waals surface area contributed by atoms with Crippen molar-refractivity contribution in [2.75, 3.05) is 10.5 Å². The molecular weight excluding hydrogens is 270 g/mol. The predicted octanol–water partition coefficient (Wildman–Crippen LogP) is 1.98. The molecule has 0 unspecified atom stereocenters. The maximum Gasteiger partial charge on any atom is 0.238 e. The molecule has 0 aliphatic heterocycles. The van der Waals surface area contributed by atoms with E-state index in [1.165, 1.54) is 11.3 Å². The van der Waals surface area contributed by atoms with E-state index < -0.39 is 10.0 Å². The van der Waals surface area contributed by atoms with Crippen molar-refractivity contribution < 1.29 is 8.42 Å². The molecule has 7 heteroatoms. The topological polar surface area (TPSA) is 85.1 Å².